The number of methoxy groups -OCH3 is 1. The van der Waals surface area contributed by atoms with Crippen LogP contribution in [0.25, 0.3) is 0 Å². The summed E-state index contributed by atoms with van der Waals surface area (Å²) in [7, 11) is 3.88. The van der Waals surface area contributed by atoms with E-state index in [1.807, 2.05) is 7.11 Å². The maximum Gasteiger partial charge on any atom is 0.0746 e. The first-order chi connectivity index (χ1) is 8.17. The highest BCUT2D eigenvalue weighted by atomic mass is 16.5. The Morgan fingerprint density at radius 1 is 1.00 bits per heavy atom. The normalized spacial score (nSPS) is 15.2. The maximum atomic E-state index is 5.60. The van der Waals surface area contributed by atoms with Crippen LogP contribution in [0, 0.1) is 5.92 Å². The first-order valence-electron chi connectivity index (χ1n) is 7.37. The van der Waals surface area contributed by atoms with E-state index in [2.05, 4.69) is 33.1 Å². The van der Waals surface area contributed by atoms with Crippen LogP contribution < -0.4 is 5.32 Å². The van der Waals surface area contributed by atoms with Gasteiger partial charge in [-0.15, -0.1) is 0 Å². The lowest BCUT2D eigenvalue weighted by atomic mass is 9.94. The standard InChI is InChI=1S/C15H33NO/c1-6-7-8-9-10-11-12-14(16-4)15(17-5)13(2)3/h13-16H,6-12H2,1-5H3. The van der Waals surface area contributed by atoms with Crippen molar-refractivity contribution in [3.63, 3.8) is 0 Å². The monoisotopic (exact) mass is 243 g/mol. The first-order valence-corrected chi connectivity index (χ1v) is 7.37. The lowest BCUT2D eigenvalue weighted by Crippen LogP contribution is -2.41. The van der Waals surface area contributed by atoms with Gasteiger partial charge >= 0.3 is 0 Å². The van der Waals surface area contributed by atoms with E-state index in [0.29, 0.717) is 18.1 Å². The third-order valence-corrected chi connectivity index (χ3v) is 3.57. The van der Waals surface area contributed by atoms with Gasteiger partial charge in [0.2, 0.25) is 0 Å². The van der Waals surface area contributed by atoms with Crippen molar-refractivity contribution in [1.29, 1.82) is 0 Å². The van der Waals surface area contributed by atoms with Gasteiger partial charge in [0.25, 0.3) is 0 Å². The number of unbranched alkanes of at least 4 members (excludes halogenated alkanes) is 5. The van der Waals surface area contributed by atoms with Gasteiger partial charge in [0.05, 0.1) is 6.10 Å². The van der Waals surface area contributed by atoms with Crippen LogP contribution in [-0.4, -0.2) is 26.3 Å². The summed E-state index contributed by atoms with van der Waals surface area (Å²) in [6.45, 7) is 6.74. The van der Waals surface area contributed by atoms with Gasteiger partial charge in [-0.1, -0.05) is 59.3 Å². The predicted molar refractivity (Wildman–Crippen MR) is 76.5 cm³/mol. The molecule has 0 fully saturated rings. The minimum absolute atomic E-state index is 0.343. The summed E-state index contributed by atoms with van der Waals surface area (Å²) in [5.74, 6) is 0.581. The quantitative estimate of drug-likeness (QED) is 0.554. The molecular formula is C15H33NO. The fourth-order valence-electron chi connectivity index (χ4n) is 2.52. The van der Waals surface area contributed by atoms with Gasteiger partial charge in [0.15, 0.2) is 0 Å². The van der Waals surface area contributed by atoms with Crippen LogP contribution in [-0.2, 0) is 4.74 Å². The van der Waals surface area contributed by atoms with Gasteiger partial charge in [-0.2, -0.15) is 0 Å². The SMILES string of the molecule is CCCCCCCCC(NC)C(OC)C(C)C. The molecule has 0 saturated carbocycles. The van der Waals surface area contributed by atoms with E-state index < -0.39 is 0 Å². The zero-order valence-corrected chi connectivity index (χ0v) is 12.6. The van der Waals surface area contributed by atoms with Crippen molar-refractivity contribution in [1.82, 2.24) is 5.32 Å². The van der Waals surface area contributed by atoms with E-state index in [9.17, 15) is 0 Å². The summed E-state index contributed by atoms with van der Waals surface area (Å²) in [6, 6.07) is 0.506. The molecule has 0 saturated heterocycles. The average molecular weight is 243 g/mol. The fourth-order valence-corrected chi connectivity index (χ4v) is 2.52. The summed E-state index contributed by atoms with van der Waals surface area (Å²) >= 11 is 0. The molecule has 2 unspecified atom stereocenters. The smallest absolute Gasteiger partial charge is 0.0746 e. The Kier molecular flexibility index (Phi) is 11.0. The lowest BCUT2D eigenvalue weighted by Gasteiger charge is -2.28. The summed E-state index contributed by atoms with van der Waals surface area (Å²) in [5.41, 5.74) is 0. The minimum atomic E-state index is 0.343. The molecule has 0 spiro atoms. The van der Waals surface area contributed by atoms with Crippen LogP contribution in [0.1, 0.15) is 65.7 Å². The lowest BCUT2D eigenvalue weighted by molar-refractivity contribution is 0.0322. The molecule has 2 nitrogen and oxygen atoms in total. The Morgan fingerprint density at radius 2 is 1.59 bits per heavy atom. The van der Waals surface area contributed by atoms with E-state index in [-0.39, 0.29) is 0 Å². The van der Waals surface area contributed by atoms with E-state index in [1.165, 1.54) is 44.9 Å². The van der Waals surface area contributed by atoms with Crippen molar-refractivity contribution >= 4 is 0 Å². The molecule has 0 aromatic carbocycles. The molecule has 0 aliphatic heterocycles. The van der Waals surface area contributed by atoms with Crippen LogP contribution in [0.15, 0.2) is 0 Å². The van der Waals surface area contributed by atoms with Crippen molar-refractivity contribution in [2.45, 2.75) is 77.9 Å². The van der Waals surface area contributed by atoms with Gasteiger partial charge in [-0.3, -0.25) is 0 Å². The van der Waals surface area contributed by atoms with E-state index in [0.717, 1.165) is 0 Å². The molecule has 0 aromatic heterocycles. The second-order valence-corrected chi connectivity index (χ2v) is 5.40. The second kappa shape index (κ2) is 11.0. The van der Waals surface area contributed by atoms with E-state index >= 15 is 0 Å². The Balaban J connectivity index is 3.73. The zero-order chi connectivity index (χ0) is 13.1. The van der Waals surface area contributed by atoms with Gasteiger partial charge in [-0.05, 0) is 19.4 Å². The molecule has 104 valence electrons. The van der Waals surface area contributed by atoms with Crippen molar-refractivity contribution < 1.29 is 4.74 Å². The number of hydrogen-bond acceptors (Lipinski definition) is 2. The van der Waals surface area contributed by atoms with Crippen LogP contribution in [0.2, 0.25) is 0 Å². The molecule has 0 amide bonds. The van der Waals surface area contributed by atoms with Crippen molar-refractivity contribution in [3.8, 4) is 0 Å². The Bertz CT molecular complexity index is 159. The Hall–Kier alpha value is -0.0800. The van der Waals surface area contributed by atoms with Crippen LogP contribution >= 0.6 is 0 Å². The first kappa shape index (κ1) is 16.9. The predicted octanol–water partition coefficient (Wildman–Crippen LogP) is 4.00. The number of hydrogen-bond donors (Lipinski definition) is 1. The minimum Gasteiger partial charge on any atom is -0.380 e. The topological polar surface area (TPSA) is 21.3 Å². The van der Waals surface area contributed by atoms with E-state index in [1.54, 1.807) is 0 Å². The molecular weight excluding hydrogens is 210 g/mol. The number of ether oxygens (including phenoxy) is 1. The molecule has 0 rings (SSSR count). The van der Waals surface area contributed by atoms with Gasteiger partial charge in [0, 0.05) is 13.2 Å². The third-order valence-electron chi connectivity index (χ3n) is 3.57. The number of rotatable bonds is 11. The van der Waals surface area contributed by atoms with Crippen LogP contribution in [0.5, 0.6) is 0 Å². The molecule has 17 heavy (non-hydrogen) atoms. The second-order valence-electron chi connectivity index (χ2n) is 5.40. The number of nitrogens with one attached hydrogen (secondary N) is 1. The molecule has 0 radical (unpaired) electrons. The van der Waals surface area contributed by atoms with Crippen LogP contribution in [0.4, 0.5) is 0 Å². The molecule has 1 N–H and O–H groups in total. The summed E-state index contributed by atoms with van der Waals surface area (Å²) in [5, 5.41) is 3.41. The Morgan fingerprint density at radius 3 is 2.06 bits per heavy atom. The maximum absolute atomic E-state index is 5.60. The highest BCUT2D eigenvalue weighted by Crippen LogP contribution is 2.16. The molecule has 0 aliphatic rings. The molecule has 2 atom stereocenters. The molecule has 0 bridgehead atoms. The van der Waals surface area contributed by atoms with Crippen molar-refractivity contribution in [3.05, 3.63) is 0 Å². The van der Waals surface area contributed by atoms with Crippen molar-refractivity contribution in [2.75, 3.05) is 14.2 Å². The van der Waals surface area contributed by atoms with E-state index in [4.69, 9.17) is 4.74 Å². The van der Waals surface area contributed by atoms with Gasteiger partial charge in [0.1, 0.15) is 0 Å². The van der Waals surface area contributed by atoms with Crippen LogP contribution in [0.3, 0.4) is 0 Å². The highest BCUT2D eigenvalue weighted by molar-refractivity contribution is 4.78. The Labute approximate surface area is 109 Å². The highest BCUT2D eigenvalue weighted by Gasteiger charge is 2.22. The largest absolute Gasteiger partial charge is 0.380 e. The van der Waals surface area contributed by atoms with Crippen molar-refractivity contribution in [2.24, 2.45) is 5.92 Å². The zero-order valence-electron chi connectivity index (χ0n) is 12.6. The summed E-state index contributed by atoms with van der Waals surface area (Å²) in [4.78, 5) is 0. The fraction of sp³-hybridized carbons (Fsp3) is 1.00. The molecule has 0 aliphatic carbocycles. The molecule has 0 aromatic rings. The third kappa shape index (κ3) is 7.77. The molecule has 2 heteroatoms. The van der Waals surface area contributed by atoms with Gasteiger partial charge in [-0.25, -0.2) is 0 Å². The molecule has 0 heterocycles. The summed E-state index contributed by atoms with van der Waals surface area (Å²) < 4.78 is 5.60. The average Bonchev–Trinajstić information content (AvgIpc) is 2.31. The van der Waals surface area contributed by atoms with Gasteiger partial charge < -0.3 is 10.1 Å². The summed E-state index contributed by atoms with van der Waals surface area (Å²) in [6.07, 6.45) is 9.78. The number of likely N-dealkylation sites (N-methyl/N-ethyl adjacent to an activating group) is 1.